The summed E-state index contributed by atoms with van der Waals surface area (Å²) < 4.78 is 4.69. The maximum absolute atomic E-state index is 12.7. The van der Waals surface area contributed by atoms with E-state index in [1.807, 2.05) is 0 Å². The van der Waals surface area contributed by atoms with Gasteiger partial charge in [-0.25, -0.2) is 0 Å². The molecule has 1 rings (SSSR count). The lowest BCUT2D eigenvalue weighted by atomic mass is 10.1. The molecular weight excluding hydrogens is 340 g/mol. The van der Waals surface area contributed by atoms with E-state index in [1.165, 1.54) is 7.11 Å². The summed E-state index contributed by atoms with van der Waals surface area (Å²) >= 11 is 5.99. The molecule has 6 heteroatoms. The lowest BCUT2D eigenvalue weighted by molar-refractivity contribution is -0.140. The number of nitrogens with zero attached hydrogens (tertiary/aromatic N) is 2. The van der Waals surface area contributed by atoms with Crippen LogP contribution in [0.2, 0.25) is 5.02 Å². The summed E-state index contributed by atoms with van der Waals surface area (Å²) in [6.07, 6.45) is 2.10. The van der Waals surface area contributed by atoms with Gasteiger partial charge in [0.1, 0.15) is 0 Å². The fourth-order valence-electron chi connectivity index (χ4n) is 2.63. The van der Waals surface area contributed by atoms with E-state index >= 15 is 0 Å². The molecule has 0 spiro atoms. The fraction of sp³-hybridized carbons (Fsp3) is 0.579. The summed E-state index contributed by atoms with van der Waals surface area (Å²) in [5, 5.41) is 0.528. The van der Waals surface area contributed by atoms with E-state index in [0.29, 0.717) is 23.7 Å². The summed E-state index contributed by atoms with van der Waals surface area (Å²) in [5.74, 6) is -0.415. The minimum Gasteiger partial charge on any atom is -0.469 e. The number of esters is 1. The van der Waals surface area contributed by atoms with Crippen molar-refractivity contribution in [2.75, 3.05) is 39.8 Å². The van der Waals surface area contributed by atoms with Gasteiger partial charge in [-0.3, -0.25) is 9.59 Å². The van der Waals surface area contributed by atoms with Crippen molar-refractivity contribution in [2.24, 2.45) is 0 Å². The smallest absolute Gasteiger partial charge is 0.307 e. The van der Waals surface area contributed by atoms with Crippen LogP contribution in [0.3, 0.4) is 0 Å². The van der Waals surface area contributed by atoms with Crippen LogP contribution in [0, 0.1) is 0 Å². The van der Waals surface area contributed by atoms with E-state index in [9.17, 15) is 9.59 Å². The molecule has 0 aliphatic rings. The first-order chi connectivity index (χ1) is 12.0. The van der Waals surface area contributed by atoms with E-state index in [1.54, 1.807) is 29.2 Å². The average molecular weight is 369 g/mol. The third kappa shape index (κ3) is 7.88. The Kier molecular flexibility index (Phi) is 10.2. The number of ether oxygens (including phenoxy) is 1. The quantitative estimate of drug-likeness (QED) is 0.443. The van der Waals surface area contributed by atoms with Crippen molar-refractivity contribution in [1.29, 1.82) is 0 Å². The standard InChI is InChI=1S/C19H29ClN2O3/c1-4-21(5-2)12-6-7-13-22(14-11-18(23)25-3)19(24)16-9-8-10-17(20)15-16/h8-10,15H,4-7,11-14H2,1-3H3. The Morgan fingerprint density at radius 2 is 1.76 bits per heavy atom. The van der Waals surface area contributed by atoms with Crippen LogP contribution in [0.15, 0.2) is 24.3 Å². The number of carbonyl (C=O) groups is 2. The molecule has 1 amide bonds. The second-order valence-corrected chi connectivity index (χ2v) is 6.30. The highest BCUT2D eigenvalue weighted by Gasteiger charge is 2.17. The van der Waals surface area contributed by atoms with Gasteiger partial charge >= 0.3 is 5.97 Å². The van der Waals surface area contributed by atoms with Gasteiger partial charge < -0.3 is 14.5 Å². The number of unbranched alkanes of at least 4 members (excludes halogenated alkanes) is 1. The van der Waals surface area contributed by atoms with Crippen LogP contribution in [0.1, 0.15) is 43.5 Å². The van der Waals surface area contributed by atoms with Crippen LogP contribution < -0.4 is 0 Å². The number of hydrogen-bond donors (Lipinski definition) is 0. The molecule has 25 heavy (non-hydrogen) atoms. The molecule has 0 aromatic heterocycles. The highest BCUT2D eigenvalue weighted by atomic mass is 35.5. The molecule has 0 fully saturated rings. The largest absolute Gasteiger partial charge is 0.469 e. The fourth-order valence-corrected chi connectivity index (χ4v) is 2.82. The monoisotopic (exact) mass is 368 g/mol. The minimum atomic E-state index is -0.313. The lowest BCUT2D eigenvalue weighted by Crippen LogP contribution is -2.34. The average Bonchev–Trinajstić information content (AvgIpc) is 2.63. The van der Waals surface area contributed by atoms with E-state index in [0.717, 1.165) is 32.5 Å². The molecule has 0 N–H and O–H groups in total. The molecule has 140 valence electrons. The van der Waals surface area contributed by atoms with Crippen molar-refractivity contribution in [3.63, 3.8) is 0 Å². The molecule has 0 heterocycles. The van der Waals surface area contributed by atoms with Crippen molar-refractivity contribution in [3.8, 4) is 0 Å². The van der Waals surface area contributed by atoms with E-state index in [2.05, 4.69) is 23.5 Å². The summed E-state index contributed by atoms with van der Waals surface area (Å²) in [7, 11) is 1.36. The number of rotatable bonds is 11. The highest BCUT2D eigenvalue weighted by molar-refractivity contribution is 6.30. The van der Waals surface area contributed by atoms with Gasteiger partial charge in [-0.05, 0) is 50.7 Å². The Bertz CT molecular complexity index is 547. The summed E-state index contributed by atoms with van der Waals surface area (Å²) in [5.41, 5.74) is 0.543. The second-order valence-electron chi connectivity index (χ2n) is 5.86. The molecule has 5 nitrogen and oxygen atoms in total. The molecule has 0 radical (unpaired) electrons. The predicted molar refractivity (Wildman–Crippen MR) is 101 cm³/mol. The molecule has 0 aliphatic carbocycles. The number of methoxy groups -OCH3 is 1. The van der Waals surface area contributed by atoms with E-state index < -0.39 is 0 Å². The zero-order chi connectivity index (χ0) is 18.7. The van der Waals surface area contributed by atoms with Crippen molar-refractivity contribution in [3.05, 3.63) is 34.9 Å². The molecular formula is C19H29ClN2O3. The number of hydrogen-bond acceptors (Lipinski definition) is 4. The number of amides is 1. The van der Waals surface area contributed by atoms with Gasteiger partial charge in [0.25, 0.3) is 5.91 Å². The van der Waals surface area contributed by atoms with Gasteiger partial charge in [-0.1, -0.05) is 31.5 Å². The maximum Gasteiger partial charge on any atom is 0.307 e. The van der Waals surface area contributed by atoms with Crippen LogP contribution in [0.4, 0.5) is 0 Å². The van der Waals surface area contributed by atoms with Crippen LogP contribution in [0.25, 0.3) is 0 Å². The van der Waals surface area contributed by atoms with Crippen molar-refractivity contribution < 1.29 is 14.3 Å². The highest BCUT2D eigenvalue weighted by Crippen LogP contribution is 2.14. The van der Waals surface area contributed by atoms with Crippen LogP contribution in [-0.4, -0.2) is 61.5 Å². The van der Waals surface area contributed by atoms with Gasteiger partial charge in [-0.15, -0.1) is 0 Å². The zero-order valence-corrected chi connectivity index (χ0v) is 16.2. The molecule has 0 bridgehead atoms. The lowest BCUT2D eigenvalue weighted by Gasteiger charge is -2.23. The zero-order valence-electron chi connectivity index (χ0n) is 15.5. The molecule has 0 saturated carbocycles. The molecule has 0 atom stereocenters. The Hall–Kier alpha value is -1.59. The summed E-state index contributed by atoms with van der Waals surface area (Å²) in [4.78, 5) is 28.3. The van der Waals surface area contributed by atoms with Crippen molar-refractivity contribution in [1.82, 2.24) is 9.80 Å². The van der Waals surface area contributed by atoms with E-state index in [-0.39, 0.29) is 18.3 Å². The third-order valence-corrected chi connectivity index (χ3v) is 4.45. The predicted octanol–water partition coefficient (Wildman–Crippen LogP) is 3.47. The first-order valence-corrected chi connectivity index (χ1v) is 9.23. The van der Waals surface area contributed by atoms with Crippen molar-refractivity contribution >= 4 is 23.5 Å². The third-order valence-electron chi connectivity index (χ3n) is 4.22. The van der Waals surface area contributed by atoms with Crippen LogP contribution >= 0.6 is 11.6 Å². The number of carbonyl (C=O) groups excluding carboxylic acids is 2. The second kappa shape index (κ2) is 11.9. The Labute approximate surface area is 155 Å². The molecule has 1 aromatic carbocycles. The summed E-state index contributed by atoms with van der Waals surface area (Å²) in [6.45, 7) is 8.34. The van der Waals surface area contributed by atoms with E-state index in [4.69, 9.17) is 11.6 Å². The number of halogens is 1. The maximum atomic E-state index is 12.7. The van der Waals surface area contributed by atoms with Gasteiger partial charge in [-0.2, -0.15) is 0 Å². The van der Waals surface area contributed by atoms with Crippen LogP contribution in [-0.2, 0) is 9.53 Å². The molecule has 1 aromatic rings. The Balaban J connectivity index is 2.65. The molecule has 0 unspecified atom stereocenters. The Morgan fingerprint density at radius 3 is 2.36 bits per heavy atom. The summed E-state index contributed by atoms with van der Waals surface area (Å²) in [6, 6.07) is 6.90. The van der Waals surface area contributed by atoms with Gasteiger partial charge in [0, 0.05) is 23.7 Å². The normalized spacial score (nSPS) is 10.8. The molecule has 0 aliphatic heterocycles. The van der Waals surface area contributed by atoms with Gasteiger partial charge in [0.05, 0.1) is 13.5 Å². The Morgan fingerprint density at radius 1 is 1.08 bits per heavy atom. The van der Waals surface area contributed by atoms with Crippen LogP contribution in [0.5, 0.6) is 0 Å². The SMILES string of the molecule is CCN(CC)CCCCN(CCC(=O)OC)C(=O)c1cccc(Cl)c1. The number of benzene rings is 1. The van der Waals surface area contributed by atoms with Gasteiger partial charge in [0.2, 0.25) is 0 Å². The van der Waals surface area contributed by atoms with Gasteiger partial charge in [0.15, 0.2) is 0 Å². The van der Waals surface area contributed by atoms with Crippen molar-refractivity contribution in [2.45, 2.75) is 33.1 Å². The minimum absolute atomic E-state index is 0.103. The topological polar surface area (TPSA) is 49.9 Å². The molecule has 0 saturated heterocycles. The first-order valence-electron chi connectivity index (χ1n) is 8.85. The first kappa shape index (κ1) is 21.5.